The summed E-state index contributed by atoms with van der Waals surface area (Å²) in [7, 11) is 0. The van der Waals surface area contributed by atoms with Crippen molar-refractivity contribution in [2.45, 2.75) is 18.7 Å². The Morgan fingerprint density at radius 2 is 2.27 bits per heavy atom. The fraction of sp³-hybridized carbons (Fsp3) is 0.375. The van der Waals surface area contributed by atoms with Gasteiger partial charge in [-0.15, -0.1) is 0 Å². The molecule has 7 heteroatoms. The first-order chi connectivity index (χ1) is 6.97. The molecule has 0 aromatic carbocycles. The van der Waals surface area contributed by atoms with Crippen molar-refractivity contribution in [1.82, 2.24) is 4.98 Å². The Morgan fingerprint density at radius 1 is 1.67 bits per heavy atom. The highest BCUT2D eigenvalue weighted by Crippen LogP contribution is 2.32. The quantitative estimate of drug-likeness (QED) is 0.486. The Kier molecular flexibility index (Phi) is 3.67. The number of aryl methyl sites for hydroxylation is 1. The molecule has 1 rings (SSSR count). The van der Waals surface area contributed by atoms with Crippen LogP contribution < -0.4 is 0 Å². The molecular weight excluding hydrogens is 274 g/mol. The van der Waals surface area contributed by atoms with Gasteiger partial charge in [0.05, 0.1) is 10.6 Å². The standard InChI is InChI=1S/C8H7BrF2N2O2/c1-4-2-6(13(14)15)7(8(10)11)5(3-9)12-4/h2,8H,3H2,1H3. The van der Waals surface area contributed by atoms with E-state index in [9.17, 15) is 18.9 Å². The van der Waals surface area contributed by atoms with Crippen LogP contribution in [0.4, 0.5) is 14.5 Å². The van der Waals surface area contributed by atoms with E-state index in [4.69, 9.17) is 0 Å². The lowest BCUT2D eigenvalue weighted by atomic mass is 10.1. The Balaban J connectivity index is 3.47. The summed E-state index contributed by atoms with van der Waals surface area (Å²) in [6.45, 7) is 1.52. The van der Waals surface area contributed by atoms with E-state index in [1.165, 1.54) is 6.92 Å². The molecule has 1 heterocycles. The Morgan fingerprint density at radius 3 is 2.67 bits per heavy atom. The zero-order valence-electron chi connectivity index (χ0n) is 7.71. The molecule has 0 atom stereocenters. The van der Waals surface area contributed by atoms with E-state index in [0.29, 0.717) is 5.69 Å². The summed E-state index contributed by atoms with van der Waals surface area (Å²) in [6.07, 6.45) is -2.90. The Labute approximate surface area is 92.6 Å². The maximum atomic E-state index is 12.6. The van der Waals surface area contributed by atoms with Crippen LogP contribution in [0.25, 0.3) is 0 Å². The average molecular weight is 281 g/mol. The highest BCUT2D eigenvalue weighted by Gasteiger charge is 2.26. The number of rotatable bonds is 3. The lowest BCUT2D eigenvalue weighted by Gasteiger charge is -2.07. The molecule has 0 saturated carbocycles. The molecular formula is C8H7BrF2N2O2. The van der Waals surface area contributed by atoms with Gasteiger partial charge in [-0.2, -0.15) is 0 Å². The second kappa shape index (κ2) is 4.61. The normalized spacial score (nSPS) is 10.7. The molecule has 82 valence electrons. The predicted octanol–water partition coefficient (Wildman–Crippen LogP) is 3.13. The SMILES string of the molecule is Cc1cc([N+](=O)[O-])c(C(F)F)c(CBr)n1. The maximum absolute atomic E-state index is 12.6. The van der Waals surface area contributed by atoms with Crippen LogP contribution in [-0.2, 0) is 5.33 Å². The van der Waals surface area contributed by atoms with Gasteiger partial charge in [-0.3, -0.25) is 15.1 Å². The first-order valence-electron chi connectivity index (χ1n) is 3.96. The summed E-state index contributed by atoms with van der Waals surface area (Å²) >= 11 is 2.98. The van der Waals surface area contributed by atoms with Crippen LogP contribution in [0.15, 0.2) is 6.07 Å². The van der Waals surface area contributed by atoms with E-state index in [-0.39, 0.29) is 11.0 Å². The van der Waals surface area contributed by atoms with Gasteiger partial charge in [-0.25, -0.2) is 8.78 Å². The molecule has 0 spiro atoms. The molecule has 4 nitrogen and oxygen atoms in total. The molecule has 15 heavy (non-hydrogen) atoms. The van der Waals surface area contributed by atoms with Crippen molar-refractivity contribution in [3.63, 3.8) is 0 Å². The van der Waals surface area contributed by atoms with Crippen LogP contribution >= 0.6 is 15.9 Å². The minimum absolute atomic E-state index is 0.0108. The zero-order valence-corrected chi connectivity index (χ0v) is 9.29. The molecule has 0 aliphatic carbocycles. The first kappa shape index (κ1) is 12.0. The van der Waals surface area contributed by atoms with Gasteiger partial charge in [0.15, 0.2) is 0 Å². The summed E-state index contributed by atoms with van der Waals surface area (Å²) in [4.78, 5) is 13.6. The van der Waals surface area contributed by atoms with E-state index in [0.717, 1.165) is 6.07 Å². The minimum atomic E-state index is -2.90. The van der Waals surface area contributed by atoms with Crippen molar-refractivity contribution in [3.8, 4) is 0 Å². The number of nitrogens with zero attached hydrogens (tertiary/aromatic N) is 2. The van der Waals surface area contributed by atoms with Crippen molar-refractivity contribution >= 4 is 21.6 Å². The van der Waals surface area contributed by atoms with Crippen LogP contribution in [0.3, 0.4) is 0 Å². The molecule has 0 bridgehead atoms. The fourth-order valence-corrected chi connectivity index (χ4v) is 1.65. The van der Waals surface area contributed by atoms with Crippen molar-refractivity contribution in [2.75, 3.05) is 0 Å². The van der Waals surface area contributed by atoms with E-state index >= 15 is 0 Å². The predicted molar refractivity (Wildman–Crippen MR) is 53.2 cm³/mol. The number of hydrogen-bond acceptors (Lipinski definition) is 3. The third-order valence-electron chi connectivity index (χ3n) is 1.79. The summed E-state index contributed by atoms with van der Waals surface area (Å²) in [5, 5.41) is 10.6. The summed E-state index contributed by atoms with van der Waals surface area (Å²) < 4.78 is 25.2. The molecule has 0 aliphatic heterocycles. The molecule has 0 N–H and O–H groups in total. The molecule has 1 aromatic rings. The highest BCUT2D eigenvalue weighted by molar-refractivity contribution is 9.08. The molecule has 0 amide bonds. The van der Waals surface area contributed by atoms with E-state index < -0.39 is 22.6 Å². The largest absolute Gasteiger partial charge is 0.282 e. The average Bonchev–Trinajstić information content (AvgIpc) is 2.15. The van der Waals surface area contributed by atoms with Crippen molar-refractivity contribution in [3.05, 3.63) is 33.1 Å². The van der Waals surface area contributed by atoms with Crippen molar-refractivity contribution in [1.29, 1.82) is 0 Å². The van der Waals surface area contributed by atoms with Crippen LogP contribution in [0.1, 0.15) is 23.4 Å². The molecule has 0 saturated heterocycles. The van der Waals surface area contributed by atoms with Gasteiger partial charge in [0.2, 0.25) is 0 Å². The lowest BCUT2D eigenvalue weighted by molar-refractivity contribution is -0.386. The van der Waals surface area contributed by atoms with Crippen LogP contribution in [0, 0.1) is 17.0 Å². The van der Waals surface area contributed by atoms with Gasteiger partial charge in [0.25, 0.3) is 12.1 Å². The first-order valence-corrected chi connectivity index (χ1v) is 5.08. The molecule has 1 aromatic heterocycles. The van der Waals surface area contributed by atoms with Crippen molar-refractivity contribution < 1.29 is 13.7 Å². The highest BCUT2D eigenvalue weighted by atomic mass is 79.9. The van der Waals surface area contributed by atoms with Gasteiger partial charge in [0.1, 0.15) is 5.56 Å². The van der Waals surface area contributed by atoms with Crippen LogP contribution in [-0.4, -0.2) is 9.91 Å². The third kappa shape index (κ3) is 2.47. The minimum Gasteiger partial charge on any atom is -0.258 e. The lowest BCUT2D eigenvalue weighted by Crippen LogP contribution is -2.04. The second-order valence-corrected chi connectivity index (χ2v) is 3.40. The van der Waals surface area contributed by atoms with Gasteiger partial charge >= 0.3 is 0 Å². The number of pyridine rings is 1. The summed E-state index contributed by atoms with van der Waals surface area (Å²) in [6, 6.07) is 1.05. The smallest absolute Gasteiger partial charge is 0.258 e. The monoisotopic (exact) mass is 280 g/mol. The molecule has 0 fully saturated rings. The number of alkyl halides is 3. The molecule has 0 radical (unpaired) electrons. The van der Waals surface area contributed by atoms with E-state index in [2.05, 4.69) is 20.9 Å². The van der Waals surface area contributed by atoms with Gasteiger partial charge < -0.3 is 0 Å². The number of nitro groups is 1. The third-order valence-corrected chi connectivity index (χ3v) is 2.32. The van der Waals surface area contributed by atoms with Crippen LogP contribution in [0.5, 0.6) is 0 Å². The summed E-state index contributed by atoms with van der Waals surface area (Å²) in [5.41, 5.74) is -0.827. The van der Waals surface area contributed by atoms with Crippen LogP contribution in [0.2, 0.25) is 0 Å². The molecule has 0 aliphatic rings. The van der Waals surface area contributed by atoms with Gasteiger partial charge in [0, 0.05) is 17.1 Å². The van der Waals surface area contributed by atoms with E-state index in [1.54, 1.807) is 0 Å². The van der Waals surface area contributed by atoms with E-state index in [1.807, 2.05) is 0 Å². The molecule has 0 unspecified atom stereocenters. The number of halogens is 3. The Hall–Kier alpha value is -1.11. The van der Waals surface area contributed by atoms with Gasteiger partial charge in [-0.1, -0.05) is 15.9 Å². The number of hydrogen-bond donors (Lipinski definition) is 0. The Bertz CT molecular complexity index is 398. The summed E-state index contributed by atoms with van der Waals surface area (Å²) in [5.74, 6) is 0. The number of aromatic nitrogens is 1. The maximum Gasteiger partial charge on any atom is 0.282 e. The fourth-order valence-electron chi connectivity index (χ4n) is 1.22. The zero-order chi connectivity index (χ0) is 11.6. The van der Waals surface area contributed by atoms with Gasteiger partial charge in [-0.05, 0) is 6.92 Å². The topological polar surface area (TPSA) is 56.0 Å². The van der Waals surface area contributed by atoms with Crippen molar-refractivity contribution in [2.24, 2.45) is 0 Å². The second-order valence-electron chi connectivity index (χ2n) is 2.83.